The van der Waals surface area contributed by atoms with E-state index in [0.29, 0.717) is 0 Å². The first-order chi connectivity index (χ1) is 9.11. The molecule has 1 heterocycles. The largest absolute Gasteiger partial charge is 0.478 e. The first-order valence-electron chi connectivity index (χ1n) is 5.80. The van der Waals surface area contributed by atoms with E-state index >= 15 is 0 Å². The molecule has 0 bridgehead atoms. The second-order valence-corrected chi connectivity index (χ2v) is 5.76. The lowest BCUT2D eigenvalue weighted by molar-refractivity contribution is 0.0697. The molecular weight excluding hydrogens is 328 g/mol. The number of rotatable bonds is 5. The second kappa shape index (κ2) is 6.16. The molecule has 2 aromatic rings. The molecule has 0 aliphatic carbocycles. The fourth-order valence-electron chi connectivity index (χ4n) is 1.70. The van der Waals surface area contributed by atoms with Gasteiger partial charge in [-0.1, -0.05) is 6.92 Å². The van der Waals surface area contributed by atoms with Crippen molar-refractivity contribution in [2.45, 2.75) is 19.4 Å². The van der Waals surface area contributed by atoms with Gasteiger partial charge in [-0.05, 0) is 40.5 Å². The molecule has 2 rings (SSSR count). The van der Waals surface area contributed by atoms with Gasteiger partial charge in [0.1, 0.15) is 5.01 Å². The van der Waals surface area contributed by atoms with Crippen molar-refractivity contribution >= 4 is 38.9 Å². The van der Waals surface area contributed by atoms with Gasteiger partial charge in [-0.15, -0.1) is 11.3 Å². The van der Waals surface area contributed by atoms with Crippen LogP contribution in [0.1, 0.15) is 34.8 Å². The molecule has 2 N–H and O–H groups in total. The maximum absolute atomic E-state index is 10.9. The van der Waals surface area contributed by atoms with E-state index < -0.39 is 5.97 Å². The number of hydrogen-bond donors (Lipinski definition) is 2. The maximum Gasteiger partial charge on any atom is 0.335 e. The van der Waals surface area contributed by atoms with Gasteiger partial charge in [0.15, 0.2) is 0 Å². The van der Waals surface area contributed by atoms with E-state index in [9.17, 15) is 4.79 Å². The molecule has 1 atom stereocenters. The van der Waals surface area contributed by atoms with Gasteiger partial charge in [0.2, 0.25) is 0 Å². The zero-order chi connectivity index (χ0) is 13.8. The number of nitrogens with one attached hydrogen (secondary N) is 1. The summed E-state index contributed by atoms with van der Waals surface area (Å²) in [6.45, 7) is 2.08. The van der Waals surface area contributed by atoms with Crippen molar-refractivity contribution in [3.8, 4) is 0 Å². The highest BCUT2D eigenvalue weighted by atomic mass is 79.9. The van der Waals surface area contributed by atoms with Crippen LogP contribution in [0.4, 0.5) is 5.69 Å². The number of thiazole rings is 1. The Labute approximate surface area is 123 Å². The van der Waals surface area contributed by atoms with Crippen molar-refractivity contribution in [2.75, 3.05) is 5.32 Å². The summed E-state index contributed by atoms with van der Waals surface area (Å²) in [4.78, 5) is 15.2. The highest BCUT2D eigenvalue weighted by Crippen LogP contribution is 2.29. The van der Waals surface area contributed by atoms with Crippen molar-refractivity contribution in [1.82, 2.24) is 4.98 Å². The van der Waals surface area contributed by atoms with E-state index in [0.717, 1.165) is 21.6 Å². The molecule has 0 spiro atoms. The first kappa shape index (κ1) is 14.0. The smallest absolute Gasteiger partial charge is 0.335 e. The minimum Gasteiger partial charge on any atom is -0.478 e. The molecule has 1 aromatic heterocycles. The molecule has 0 radical (unpaired) electrons. The summed E-state index contributed by atoms with van der Waals surface area (Å²) in [7, 11) is 0. The minimum absolute atomic E-state index is 0.131. The van der Waals surface area contributed by atoms with E-state index in [-0.39, 0.29) is 11.6 Å². The van der Waals surface area contributed by atoms with Crippen molar-refractivity contribution in [3.63, 3.8) is 0 Å². The lowest BCUT2D eigenvalue weighted by atomic mass is 10.1. The normalized spacial score (nSPS) is 12.1. The molecule has 6 heteroatoms. The Morgan fingerprint density at radius 1 is 1.58 bits per heavy atom. The van der Waals surface area contributed by atoms with Crippen LogP contribution in [0, 0.1) is 0 Å². The summed E-state index contributed by atoms with van der Waals surface area (Å²) in [5.41, 5.74) is 1.13. The van der Waals surface area contributed by atoms with Gasteiger partial charge in [-0.25, -0.2) is 9.78 Å². The van der Waals surface area contributed by atoms with Gasteiger partial charge in [-0.2, -0.15) is 0 Å². The van der Waals surface area contributed by atoms with Crippen LogP contribution in [0.3, 0.4) is 0 Å². The van der Waals surface area contributed by atoms with Gasteiger partial charge < -0.3 is 10.4 Å². The topological polar surface area (TPSA) is 62.2 Å². The zero-order valence-electron chi connectivity index (χ0n) is 10.3. The Morgan fingerprint density at radius 2 is 2.37 bits per heavy atom. The summed E-state index contributed by atoms with van der Waals surface area (Å²) in [6, 6.07) is 5.08. The molecular formula is C13H13BrN2O2S. The van der Waals surface area contributed by atoms with Crippen LogP contribution < -0.4 is 5.32 Å². The van der Waals surface area contributed by atoms with Crippen LogP contribution in [0.25, 0.3) is 0 Å². The van der Waals surface area contributed by atoms with Crippen molar-refractivity contribution in [2.24, 2.45) is 0 Å². The molecule has 0 saturated carbocycles. The zero-order valence-corrected chi connectivity index (χ0v) is 12.7. The Kier molecular flexibility index (Phi) is 4.55. The van der Waals surface area contributed by atoms with Crippen molar-refractivity contribution in [1.29, 1.82) is 0 Å². The van der Waals surface area contributed by atoms with Gasteiger partial charge in [0.25, 0.3) is 0 Å². The summed E-state index contributed by atoms with van der Waals surface area (Å²) in [5.74, 6) is -0.931. The SMILES string of the molecule is CCC(Nc1ccc(C(=O)O)cc1Br)c1nccs1. The second-order valence-electron chi connectivity index (χ2n) is 3.98. The highest BCUT2D eigenvalue weighted by Gasteiger charge is 2.14. The summed E-state index contributed by atoms with van der Waals surface area (Å²) >= 11 is 5.00. The Hall–Kier alpha value is -1.40. The number of carboxylic acid groups (broad SMARTS) is 1. The Balaban J connectivity index is 2.21. The quantitative estimate of drug-likeness (QED) is 0.857. The molecule has 0 fully saturated rings. The maximum atomic E-state index is 10.9. The van der Waals surface area contributed by atoms with Crippen LogP contribution in [-0.4, -0.2) is 16.1 Å². The van der Waals surface area contributed by atoms with Crippen LogP contribution >= 0.6 is 27.3 Å². The summed E-state index contributed by atoms with van der Waals surface area (Å²) < 4.78 is 0.738. The Morgan fingerprint density at radius 3 is 2.89 bits per heavy atom. The molecule has 19 heavy (non-hydrogen) atoms. The number of hydrogen-bond acceptors (Lipinski definition) is 4. The number of anilines is 1. The number of benzene rings is 1. The van der Waals surface area contributed by atoms with Crippen LogP contribution in [0.5, 0.6) is 0 Å². The monoisotopic (exact) mass is 340 g/mol. The molecule has 0 aliphatic rings. The molecule has 1 aromatic carbocycles. The molecule has 1 unspecified atom stereocenters. The number of aromatic nitrogens is 1. The predicted octanol–water partition coefficient (Wildman–Crippen LogP) is 4.17. The number of aromatic carboxylic acids is 1. The van der Waals surface area contributed by atoms with Crippen molar-refractivity contribution < 1.29 is 9.90 Å². The Bertz CT molecular complexity index is 572. The fourth-order valence-corrected chi connectivity index (χ4v) is 2.96. The third-order valence-corrected chi connectivity index (χ3v) is 4.25. The minimum atomic E-state index is -0.931. The van der Waals surface area contributed by atoms with Gasteiger partial charge in [-0.3, -0.25) is 0 Å². The van der Waals surface area contributed by atoms with E-state index in [4.69, 9.17) is 5.11 Å². The lowest BCUT2D eigenvalue weighted by Gasteiger charge is -2.17. The van der Waals surface area contributed by atoms with E-state index in [1.165, 1.54) is 0 Å². The molecule has 4 nitrogen and oxygen atoms in total. The molecule has 0 amide bonds. The lowest BCUT2D eigenvalue weighted by Crippen LogP contribution is -2.10. The number of carbonyl (C=O) groups is 1. The van der Waals surface area contributed by atoms with Gasteiger partial charge >= 0.3 is 5.97 Å². The number of nitrogens with zero attached hydrogens (tertiary/aromatic N) is 1. The highest BCUT2D eigenvalue weighted by molar-refractivity contribution is 9.10. The van der Waals surface area contributed by atoms with Crippen LogP contribution in [0.2, 0.25) is 0 Å². The van der Waals surface area contributed by atoms with E-state index in [1.807, 2.05) is 5.38 Å². The fraction of sp³-hybridized carbons (Fsp3) is 0.231. The summed E-state index contributed by atoms with van der Waals surface area (Å²) in [6.07, 6.45) is 2.69. The third-order valence-electron chi connectivity index (χ3n) is 2.70. The standard InChI is InChI=1S/C13H13BrN2O2S/c1-2-10(12-15-5-6-19-12)16-11-4-3-8(13(17)18)7-9(11)14/h3-7,10,16H,2H2,1H3,(H,17,18). The van der Waals surface area contributed by atoms with Crippen LogP contribution in [-0.2, 0) is 0 Å². The molecule has 0 saturated heterocycles. The number of carboxylic acids is 1. The van der Waals surface area contributed by atoms with E-state index in [2.05, 4.69) is 33.2 Å². The predicted molar refractivity (Wildman–Crippen MR) is 79.9 cm³/mol. The van der Waals surface area contributed by atoms with E-state index in [1.54, 1.807) is 35.7 Å². The molecule has 100 valence electrons. The van der Waals surface area contributed by atoms with Gasteiger partial charge in [0.05, 0.1) is 11.6 Å². The van der Waals surface area contributed by atoms with Gasteiger partial charge in [0, 0.05) is 21.7 Å². The van der Waals surface area contributed by atoms with Crippen LogP contribution in [0.15, 0.2) is 34.2 Å². The molecule has 0 aliphatic heterocycles. The first-order valence-corrected chi connectivity index (χ1v) is 7.48. The average molecular weight is 341 g/mol. The average Bonchev–Trinajstić information content (AvgIpc) is 2.91. The van der Waals surface area contributed by atoms with Crippen molar-refractivity contribution in [3.05, 3.63) is 44.8 Å². The summed E-state index contributed by atoms with van der Waals surface area (Å²) in [5, 5.41) is 15.3. The number of halogens is 1. The third kappa shape index (κ3) is 3.33.